The predicted octanol–water partition coefficient (Wildman–Crippen LogP) is 3.39. The van der Waals surface area contributed by atoms with Gasteiger partial charge in [-0.2, -0.15) is 0 Å². The molecule has 2 fully saturated rings. The van der Waals surface area contributed by atoms with Crippen LogP contribution < -0.4 is 20.1 Å². The zero-order valence-corrected chi connectivity index (χ0v) is 19.9. The Morgan fingerprint density at radius 3 is 2.54 bits per heavy atom. The summed E-state index contributed by atoms with van der Waals surface area (Å²) in [4.78, 5) is 7.02. The van der Waals surface area contributed by atoms with E-state index in [1.54, 1.807) is 7.11 Å². The van der Waals surface area contributed by atoms with Crippen molar-refractivity contribution in [2.24, 2.45) is 4.99 Å². The molecule has 2 atom stereocenters. The van der Waals surface area contributed by atoms with Gasteiger partial charge < -0.3 is 25.0 Å². The predicted molar refractivity (Wildman–Crippen MR) is 125 cm³/mol. The molecule has 2 bridgehead atoms. The molecule has 2 aliphatic heterocycles. The van der Waals surface area contributed by atoms with Crippen molar-refractivity contribution >= 4 is 29.9 Å². The van der Waals surface area contributed by atoms with Crippen molar-refractivity contribution in [2.75, 3.05) is 27.8 Å². The lowest BCUT2D eigenvalue weighted by atomic mass is 9.82. The fraction of sp³-hybridized carbons (Fsp3) is 0.667. The molecule has 1 aromatic carbocycles. The molecule has 0 radical (unpaired) electrons. The Balaban J connectivity index is 0.00000280. The highest BCUT2D eigenvalue weighted by Gasteiger charge is 2.36. The zero-order valence-electron chi connectivity index (χ0n) is 17.5. The van der Waals surface area contributed by atoms with Gasteiger partial charge in [-0.3, -0.25) is 4.99 Å². The number of guanidine groups is 1. The van der Waals surface area contributed by atoms with E-state index in [0.29, 0.717) is 31.3 Å². The highest BCUT2D eigenvalue weighted by molar-refractivity contribution is 14.0. The van der Waals surface area contributed by atoms with Crippen LogP contribution in [0.3, 0.4) is 0 Å². The maximum absolute atomic E-state index is 5.67. The topological polar surface area (TPSA) is 58.1 Å². The van der Waals surface area contributed by atoms with Crippen molar-refractivity contribution in [1.29, 1.82) is 0 Å². The lowest BCUT2D eigenvalue weighted by molar-refractivity contribution is 0.0526. The van der Waals surface area contributed by atoms with Crippen LogP contribution in [0.2, 0.25) is 0 Å². The number of hydrogen-bond donors (Lipinski definition) is 2. The Kier molecular flexibility index (Phi) is 9.14. The molecule has 158 valence electrons. The van der Waals surface area contributed by atoms with Gasteiger partial charge in [0, 0.05) is 31.7 Å². The maximum atomic E-state index is 5.67. The zero-order chi connectivity index (χ0) is 19.2. The smallest absolute Gasteiger partial charge is 0.191 e. The monoisotopic (exact) mass is 502 g/mol. The minimum atomic E-state index is 0. The van der Waals surface area contributed by atoms with E-state index in [-0.39, 0.29) is 24.0 Å². The Bertz CT molecular complexity index is 641. The molecular weight excluding hydrogens is 467 g/mol. The van der Waals surface area contributed by atoms with Crippen LogP contribution in [-0.4, -0.2) is 56.8 Å². The fourth-order valence-corrected chi connectivity index (χ4v) is 4.41. The highest BCUT2D eigenvalue weighted by Crippen LogP contribution is 2.32. The van der Waals surface area contributed by atoms with Crippen molar-refractivity contribution in [2.45, 2.75) is 63.7 Å². The molecule has 2 aliphatic rings. The van der Waals surface area contributed by atoms with Crippen LogP contribution in [0, 0.1) is 0 Å². The van der Waals surface area contributed by atoms with Gasteiger partial charge >= 0.3 is 0 Å². The standard InChI is InChI=1S/C21H34N4O2.HI/c1-5-27-20-11-15(9-10-19(20)26-4)14-23-21(22-2)24-16-12-17-7-6-8-18(13-16)25(17)3;/h9-11,16-18H,5-8,12-14H2,1-4H3,(H2,22,23,24);1H. The van der Waals surface area contributed by atoms with Crippen LogP contribution in [0.5, 0.6) is 11.5 Å². The molecule has 2 N–H and O–H groups in total. The van der Waals surface area contributed by atoms with Crippen molar-refractivity contribution in [3.8, 4) is 11.5 Å². The van der Waals surface area contributed by atoms with Crippen molar-refractivity contribution in [3.05, 3.63) is 23.8 Å². The van der Waals surface area contributed by atoms with E-state index in [9.17, 15) is 0 Å². The third-order valence-electron chi connectivity index (χ3n) is 5.89. The molecule has 2 saturated heterocycles. The minimum Gasteiger partial charge on any atom is -0.493 e. The molecule has 1 aromatic rings. The molecule has 0 saturated carbocycles. The van der Waals surface area contributed by atoms with Crippen molar-refractivity contribution in [3.63, 3.8) is 0 Å². The summed E-state index contributed by atoms with van der Waals surface area (Å²) in [7, 11) is 5.79. The van der Waals surface area contributed by atoms with Gasteiger partial charge in [0.1, 0.15) is 0 Å². The number of nitrogens with one attached hydrogen (secondary N) is 2. The second-order valence-corrected chi connectivity index (χ2v) is 7.56. The number of hydrogen-bond acceptors (Lipinski definition) is 4. The molecule has 2 unspecified atom stereocenters. The fourth-order valence-electron chi connectivity index (χ4n) is 4.41. The summed E-state index contributed by atoms with van der Waals surface area (Å²) in [6.07, 6.45) is 6.42. The molecule has 0 spiro atoms. The van der Waals surface area contributed by atoms with Gasteiger partial charge in [0.2, 0.25) is 0 Å². The number of piperidine rings is 2. The van der Waals surface area contributed by atoms with Gasteiger partial charge in [-0.25, -0.2) is 0 Å². The Labute approximate surface area is 186 Å². The Morgan fingerprint density at radius 2 is 1.93 bits per heavy atom. The Morgan fingerprint density at radius 1 is 1.21 bits per heavy atom. The van der Waals surface area contributed by atoms with E-state index in [1.807, 2.05) is 26.1 Å². The molecular formula is C21H35IN4O2. The van der Waals surface area contributed by atoms with Crippen LogP contribution in [0.25, 0.3) is 0 Å². The molecule has 6 nitrogen and oxygen atoms in total. The number of fused-ring (bicyclic) bond motifs is 2. The van der Waals surface area contributed by atoms with E-state index >= 15 is 0 Å². The summed E-state index contributed by atoms with van der Waals surface area (Å²) >= 11 is 0. The van der Waals surface area contributed by atoms with Crippen LogP contribution in [-0.2, 0) is 6.54 Å². The SMILES string of the molecule is CCOc1cc(CNC(=NC)NC2CC3CCCC(C2)N3C)ccc1OC.I. The summed E-state index contributed by atoms with van der Waals surface area (Å²) in [5.74, 6) is 2.42. The summed E-state index contributed by atoms with van der Waals surface area (Å²) in [6, 6.07) is 7.96. The number of nitrogens with zero attached hydrogens (tertiary/aromatic N) is 2. The van der Waals surface area contributed by atoms with E-state index in [2.05, 4.69) is 33.6 Å². The van der Waals surface area contributed by atoms with Gasteiger partial charge in [0.25, 0.3) is 0 Å². The quantitative estimate of drug-likeness (QED) is 0.355. The van der Waals surface area contributed by atoms with Crippen molar-refractivity contribution in [1.82, 2.24) is 15.5 Å². The molecule has 7 heteroatoms. The summed E-state index contributed by atoms with van der Waals surface area (Å²) in [6.45, 7) is 3.30. The van der Waals surface area contributed by atoms with Crippen LogP contribution in [0.1, 0.15) is 44.6 Å². The number of benzene rings is 1. The number of halogens is 1. The first kappa shape index (κ1) is 23.1. The van der Waals surface area contributed by atoms with Crippen LogP contribution in [0.4, 0.5) is 0 Å². The average Bonchev–Trinajstić information content (AvgIpc) is 2.66. The first-order chi connectivity index (χ1) is 13.1. The molecule has 28 heavy (non-hydrogen) atoms. The van der Waals surface area contributed by atoms with Crippen LogP contribution in [0.15, 0.2) is 23.2 Å². The first-order valence-corrected chi connectivity index (χ1v) is 10.1. The third kappa shape index (κ3) is 5.65. The van der Waals surface area contributed by atoms with Gasteiger partial charge in [0.15, 0.2) is 17.5 Å². The second-order valence-electron chi connectivity index (χ2n) is 7.56. The lowest BCUT2D eigenvalue weighted by Gasteiger charge is -2.47. The first-order valence-electron chi connectivity index (χ1n) is 10.1. The molecule has 2 heterocycles. The second kappa shape index (κ2) is 11.1. The summed E-state index contributed by atoms with van der Waals surface area (Å²) < 4.78 is 11.0. The Hall–Kier alpha value is -1.22. The van der Waals surface area contributed by atoms with Crippen molar-refractivity contribution < 1.29 is 9.47 Å². The highest BCUT2D eigenvalue weighted by atomic mass is 127. The number of aliphatic imine (C=N–C) groups is 1. The average molecular weight is 502 g/mol. The van der Waals surface area contributed by atoms with E-state index in [0.717, 1.165) is 23.0 Å². The van der Waals surface area contributed by atoms with E-state index in [4.69, 9.17) is 9.47 Å². The van der Waals surface area contributed by atoms with E-state index < -0.39 is 0 Å². The van der Waals surface area contributed by atoms with Crippen LogP contribution >= 0.6 is 24.0 Å². The third-order valence-corrected chi connectivity index (χ3v) is 5.89. The normalized spacial score (nSPS) is 24.9. The molecule has 0 aliphatic carbocycles. The molecule has 0 amide bonds. The van der Waals surface area contributed by atoms with E-state index in [1.165, 1.54) is 32.1 Å². The molecule has 3 rings (SSSR count). The van der Waals surface area contributed by atoms with Gasteiger partial charge in [-0.1, -0.05) is 12.5 Å². The largest absolute Gasteiger partial charge is 0.493 e. The van der Waals surface area contributed by atoms with Gasteiger partial charge in [0.05, 0.1) is 13.7 Å². The minimum absolute atomic E-state index is 0. The number of rotatable bonds is 6. The number of methoxy groups -OCH3 is 1. The number of ether oxygens (including phenoxy) is 2. The maximum Gasteiger partial charge on any atom is 0.191 e. The molecule has 0 aromatic heterocycles. The lowest BCUT2D eigenvalue weighted by Crippen LogP contribution is -2.56. The van der Waals surface area contributed by atoms with Gasteiger partial charge in [-0.05, 0) is 57.4 Å². The summed E-state index contributed by atoms with van der Waals surface area (Å²) in [5.41, 5.74) is 1.14. The summed E-state index contributed by atoms with van der Waals surface area (Å²) in [5, 5.41) is 7.09. The van der Waals surface area contributed by atoms with Gasteiger partial charge in [-0.15, -0.1) is 24.0 Å².